The molecule has 2 aromatic rings. The van der Waals surface area contributed by atoms with Crippen molar-refractivity contribution < 1.29 is 27.8 Å². The van der Waals surface area contributed by atoms with Gasteiger partial charge in [0.1, 0.15) is 23.3 Å². The number of nitrogens with zero attached hydrogens (tertiary/aromatic N) is 3. The maximum atomic E-state index is 14.3. The molecule has 2 amide bonds. The van der Waals surface area contributed by atoms with E-state index in [0.717, 1.165) is 11.0 Å². The number of hydrogen-bond donors (Lipinski definition) is 0. The van der Waals surface area contributed by atoms with Crippen molar-refractivity contribution in [1.29, 1.82) is 0 Å². The Bertz CT molecular complexity index is 1040. The molecule has 0 aliphatic carbocycles. The largest absolute Gasteiger partial charge is 0.481 e. The van der Waals surface area contributed by atoms with E-state index in [0.29, 0.717) is 17.3 Å². The van der Waals surface area contributed by atoms with Crippen LogP contribution in [-0.2, 0) is 16.0 Å². The van der Waals surface area contributed by atoms with Gasteiger partial charge in [-0.3, -0.25) is 9.69 Å². The smallest absolute Gasteiger partial charge is 0.415 e. The number of benzene rings is 1. The Morgan fingerprint density at radius 1 is 1.23 bits per heavy atom. The zero-order valence-electron chi connectivity index (χ0n) is 17.7. The van der Waals surface area contributed by atoms with Crippen molar-refractivity contribution in [2.45, 2.75) is 38.8 Å². The Morgan fingerprint density at radius 2 is 1.90 bits per heavy atom. The summed E-state index contributed by atoms with van der Waals surface area (Å²) in [5.41, 5.74) is 0.00114. The van der Waals surface area contributed by atoms with E-state index in [-0.39, 0.29) is 23.0 Å². The fraction of sp³-hybridized carbons (Fsp3) is 0.381. The van der Waals surface area contributed by atoms with E-state index < -0.39 is 35.3 Å². The van der Waals surface area contributed by atoms with Gasteiger partial charge in [-0.05, 0) is 32.4 Å². The molecule has 1 aliphatic heterocycles. The molecule has 3 rings (SSSR count). The minimum absolute atomic E-state index is 0.130. The first-order chi connectivity index (χ1) is 14.4. The lowest BCUT2D eigenvalue weighted by Gasteiger charge is -2.30. The highest BCUT2D eigenvalue weighted by Crippen LogP contribution is 2.37. The quantitative estimate of drug-likeness (QED) is 0.646. The fourth-order valence-electron chi connectivity index (χ4n) is 3.26. The number of aromatic nitrogens is 1. The molecule has 1 unspecified atom stereocenters. The first-order valence-electron chi connectivity index (χ1n) is 9.40. The molecule has 0 spiro atoms. The molecule has 0 saturated heterocycles. The monoisotopic (exact) mass is 453 g/mol. The van der Waals surface area contributed by atoms with Gasteiger partial charge in [0.05, 0.1) is 23.5 Å². The number of rotatable bonds is 3. The zero-order valence-corrected chi connectivity index (χ0v) is 18.5. The highest BCUT2D eigenvalue weighted by atomic mass is 35.5. The number of ether oxygens (including phenoxy) is 2. The number of anilines is 2. The summed E-state index contributed by atoms with van der Waals surface area (Å²) in [6, 6.07) is 2.12. The van der Waals surface area contributed by atoms with Gasteiger partial charge in [-0.2, -0.15) is 0 Å². The molecule has 1 aliphatic rings. The van der Waals surface area contributed by atoms with E-state index in [1.54, 1.807) is 20.8 Å². The number of methoxy groups -OCH3 is 1. The van der Waals surface area contributed by atoms with Crippen LogP contribution < -0.4 is 14.5 Å². The molecule has 1 atom stereocenters. The Morgan fingerprint density at radius 3 is 2.52 bits per heavy atom. The van der Waals surface area contributed by atoms with Crippen molar-refractivity contribution in [3.63, 3.8) is 0 Å². The summed E-state index contributed by atoms with van der Waals surface area (Å²) in [4.78, 5) is 32.6. The van der Waals surface area contributed by atoms with Gasteiger partial charge in [0.15, 0.2) is 0 Å². The third kappa shape index (κ3) is 4.56. The summed E-state index contributed by atoms with van der Waals surface area (Å²) >= 11 is 5.77. The molecule has 0 radical (unpaired) electrons. The van der Waals surface area contributed by atoms with Crippen LogP contribution in [0.3, 0.4) is 0 Å². The molecule has 1 aromatic heterocycles. The second-order valence-corrected chi connectivity index (χ2v) is 8.45. The molecule has 10 heteroatoms. The molecule has 166 valence electrons. The summed E-state index contributed by atoms with van der Waals surface area (Å²) in [6.07, 6.45) is 0.892. The first kappa shape index (κ1) is 22.7. The SMILES string of the molecule is COc1cc2c(cn1)CC(C(=O)N(C)c1cc(Cl)c(F)cc1F)N2C(=O)OC(C)(C)C. The topological polar surface area (TPSA) is 72.0 Å². The zero-order chi connectivity index (χ0) is 23.1. The van der Waals surface area contributed by atoms with Crippen LogP contribution in [0.4, 0.5) is 25.0 Å². The summed E-state index contributed by atoms with van der Waals surface area (Å²) in [7, 11) is 2.75. The van der Waals surface area contributed by atoms with Crippen molar-refractivity contribution in [2.24, 2.45) is 0 Å². The van der Waals surface area contributed by atoms with Gasteiger partial charge in [0, 0.05) is 31.8 Å². The number of hydrogen-bond acceptors (Lipinski definition) is 5. The standard InChI is InChI=1S/C21H22ClF2N3O4/c1-21(2,3)31-20(29)27-15-9-18(30-5)25-10-11(15)6-17(27)19(28)26(4)16-7-12(22)13(23)8-14(16)24/h7-10,17H,6H2,1-5H3. The van der Waals surface area contributed by atoms with Gasteiger partial charge in [-0.15, -0.1) is 0 Å². The van der Waals surface area contributed by atoms with Crippen LogP contribution in [0.2, 0.25) is 5.02 Å². The Labute approximate surface area is 183 Å². The van der Waals surface area contributed by atoms with Gasteiger partial charge < -0.3 is 14.4 Å². The molecule has 0 bridgehead atoms. The molecular weight excluding hydrogens is 432 g/mol. The lowest BCUT2D eigenvalue weighted by molar-refractivity contribution is -0.119. The number of amides is 2. The Kier molecular flexibility index (Phi) is 6.09. The molecule has 0 N–H and O–H groups in total. The summed E-state index contributed by atoms with van der Waals surface area (Å²) in [5, 5.41) is -0.330. The molecular formula is C21H22ClF2N3O4. The maximum absolute atomic E-state index is 14.3. The van der Waals surface area contributed by atoms with Crippen molar-refractivity contribution in [2.75, 3.05) is 24.0 Å². The van der Waals surface area contributed by atoms with Gasteiger partial charge in [0.25, 0.3) is 0 Å². The van der Waals surface area contributed by atoms with Crippen molar-refractivity contribution in [3.8, 4) is 5.88 Å². The molecule has 7 nitrogen and oxygen atoms in total. The van der Waals surface area contributed by atoms with Crippen LogP contribution >= 0.6 is 11.6 Å². The normalized spacial score (nSPS) is 15.5. The molecule has 1 aromatic carbocycles. The predicted molar refractivity (Wildman–Crippen MR) is 112 cm³/mol. The predicted octanol–water partition coefficient (Wildman–Crippen LogP) is 4.35. The molecule has 31 heavy (non-hydrogen) atoms. The average molecular weight is 454 g/mol. The summed E-state index contributed by atoms with van der Waals surface area (Å²) in [6.45, 7) is 5.11. The van der Waals surface area contributed by atoms with Crippen LogP contribution in [0.25, 0.3) is 0 Å². The highest BCUT2D eigenvalue weighted by molar-refractivity contribution is 6.31. The third-order valence-electron chi connectivity index (χ3n) is 4.69. The van der Waals surface area contributed by atoms with Gasteiger partial charge in [-0.25, -0.2) is 18.6 Å². The summed E-state index contributed by atoms with van der Waals surface area (Å²) in [5.74, 6) is -2.25. The van der Waals surface area contributed by atoms with Crippen LogP contribution in [0.1, 0.15) is 26.3 Å². The van der Waals surface area contributed by atoms with Crippen LogP contribution in [0.5, 0.6) is 5.88 Å². The van der Waals surface area contributed by atoms with Crippen LogP contribution in [0, 0.1) is 11.6 Å². The lowest BCUT2D eigenvalue weighted by atomic mass is 10.1. The summed E-state index contributed by atoms with van der Waals surface area (Å²) < 4.78 is 38.5. The van der Waals surface area contributed by atoms with Crippen molar-refractivity contribution >= 4 is 35.0 Å². The number of likely N-dealkylation sites (N-methyl/N-ethyl adjacent to an activating group) is 1. The minimum atomic E-state index is -1.04. The minimum Gasteiger partial charge on any atom is -0.481 e. The van der Waals surface area contributed by atoms with Gasteiger partial charge in [0.2, 0.25) is 11.8 Å². The van der Waals surface area contributed by atoms with E-state index in [1.807, 2.05) is 0 Å². The number of halogens is 3. The van der Waals surface area contributed by atoms with E-state index >= 15 is 0 Å². The van der Waals surface area contributed by atoms with E-state index in [1.165, 1.54) is 31.3 Å². The second kappa shape index (κ2) is 8.30. The highest BCUT2D eigenvalue weighted by Gasteiger charge is 2.42. The number of carbonyl (C=O) groups is 2. The van der Waals surface area contributed by atoms with E-state index in [2.05, 4.69) is 4.98 Å². The van der Waals surface area contributed by atoms with E-state index in [9.17, 15) is 18.4 Å². The van der Waals surface area contributed by atoms with Crippen molar-refractivity contribution in [1.82, 2.24) is 4.98 Å². The lowest BCUT2D eigenvalue weighted by Crippen LogP contribution is -2.50. The van der Waals surface area contributed by atoms with Gasteiger partial charge in [-0.1, -0.05) is 11.6 Å². The Hall–Kier alpha value is -2.94. The number of fused-ring (bicyclic) bond motifs is 1. The molecule has 0 saturated carbocycles. The maximum Gasteiger partial charge on any atom is 0.415 e. The fourth-order valence-corrected chi connectivity index (χ4v) is 3.42. The Balaban J connectivity index is 2.00. The van der Waals surface area contributed by atoms with Gasteiger partial charge >= 0.3 is 6.09 Å². The van der Waals surface area contributed by atoms with Crippen molar-refractivity contribution in [3.05, 3.63) is 46.6 Å². The second-order valence-electron chi connectivity index (χ2n) is 8.04. The average Bonchev–Trinajstić information content (AvgIpc) is 3.07. The number of pyridine rings is 1. The third-order valence-corrected chi connectivity index (χ3v) is 4.98. The molecule has 0 fully saturated rings. The van der Waals surface area contributed by atoms with Crippen LogP contribution in [0.15, 0.2) is 24.4 Å². The number of carbonyl (C=O) groups excluding carboxylic acids is 2. The van der Waals surface area contributed by atoms with E-state index in [4.69, 9.17) is 21.1 Å². The first-order valence-corrected chi connectivity index (χ1v) is 9.78. The molecule has 2 heterocycles. The van der Waals surface area contributed by atoms with Crippen LogP contribution in [-0.4, -0.2) is 42.8 Å².